The summed E-state index contributed by atoms with van der Waals surface area (Å²) in [5.74, 6) is 1.94. The zero-order chi connectivity index (χ0) is 26.6. The molecule has 4 rings (SSSR count). The SMILES string of the molecule is CC(C)CCOCC1=NC2NC(c3ncccc3C(F)(F)F)=CC=C2C(Nc2ccc(C(C)C)cc2)=N1. The lowest BCUT2D eigenvalue weighted by Crippen LogP contribution is -2.40. The number of amidine groups is 2. The Balaban J connectivity index is 1.64. The van der Waals surface area contributed by atoms with E-state index in [-0.39, 0.29) is 18.0 Å². The third kappa shape index (κ3) is 6.65. The Bertz CT molecular complexity index is 1230. The molecule has 1 aromatic carbocycles. The molecule has 2 aliphatic rings. The van der Waals surface area contributed by atoms with Crippen molar-refractivity contribution in [2.24, 2.45) is 15.9 Å². The molecular weight excluding hydrogens is 479 g/mol. The van der Waals surface area contributed by atoms with E-state index in [4.69, 9.17) is 4.74 Å². The van der Waals surface area contributed by atoms with E-state index in [0.717, 1.165) is 18.2 Å². The number of fused-ring (bicyclic) bond motifs is 1. The second kappa shape index (κ2) is 11.3. The van der Waals surface area contributed by atoms with Crippen molar-refractivity contribution in [1.82, 2.24) is 10.3 Å². The van der Waals surface area contributed by atoms with Gasteiger partial charge in [-0.3, -0.25) is 4.98 Å². The maximum Gasteiger partial charge on any atom is 0.418 e. The molecule has 3 heterocycles. The van der Waals surface area contributed by atoms with Crippen LogP contribution < -0.4 is 10.6 Å². The lowest BCUT2D eigenvalue weighted by molar-refractivity contribution is -0.138. The highest BCUT2D eigenvalue weighted by Crippen LogP contribution is 2.34. The lowest BCUT2D eigenvalue weighted by atomic mass is 10.0. The maximum atomic E-state index is 13.6. The summed E-state index contributed by atoms with van der Waals surface area (Å²) in [6.45, 7) is 9.28. The molecule has 6 nitrogen and oxygen atoms in total. The molecule has 2 aromatic rings. The number of aromatic nitrogens is 1. The molecule has 0 amide bonds. The van der Waals surface area contributed by atoms with Crippen molar-refractivity contribution in [3.63, 3.8) is 0 Å². The fourth-order valence-corrected chi connectivity index (χ4v) is 3.96. The van der Waals surface area contributed by atoms with E-state index in [1.165, 1.54) is 17.8 Å². The van der Waals surface area contributed by atoms with Gasteiger partial charge in [-0.15, -0.1) is 0 Å². The topological polar surface area (TPSA) is 70.9 Å². The smallest absolute Gasteiger partial charge is 0.373 e. The Labute approximate surface area is 215 Å². The molecule has 1 unspecified atom stereocenters. The second-order valence-corrected chi connectivity index (χ2v) is 9.79. The highest BCUT2D eigenvalue weighted by molar-refractivity contribution is 6.16. The number of hydrogen-bond acceptors (Lipinski definition) is 6. The number of benzene rings is 1. The number of aliphatic imine (C=N–C) groups is 2. The average molecular weight is 512 g/mol. The minimum atomic E-state index is -4.53. The second-order valence-electron chi connectivity index (χ2n) is 9.79. The van der Waals surface area contributed by atoms with Crippen molar-refractivity contribution in [3.8, 4) is 0 Å². The van der Waals surface area contributed by atoms with Crippen LogP contribution in [0.2, 0.25) is 0 Å². The van der Waals surface area contributed by atoms with Crippen LogP contribution in [0.1, 0.15) is 56.9 Å². The van der Waals surface area contributed by atoms with Gasteiger partial charge >= 0.3 is 6.18 Å². The van der Waals surface area contributed by atoms with Crippen molar-refractivity contribution < 1.29 is 17.9 Å². The molecule has 0 fully saturated rings. The van der Waals surface area contributed by atoms with Gasteiger partial charge in [-0.05, 0) is 60.2 Å². The van der Waals surface area contributed by atoms with Crippen LogP contribution in [0.15, 0.2) is 70.3 Å². The molecule has 0 saturated carbocycles. The first kappa shape index (κ1) is 26.6. The third-order valence-corrected chi connectivity index (χ3v) is 6.09. The molecule has 0 aliphatic carbocycles. The van der Waals surface area contributed by atoms with Gasteiger partial charge in [0, 0.05) is 24.1 Å². The predicted molar refractivity (Wildman–Crippen MR) is 142 cm³/mol. The highest BCUT2D eigenvalue weighted by atomic mass is 19.4. The maximum absolute atomic E-state index is 13.6. The van der Waals surface area contributed by atoms with E-state index in [1.807, 2.05) is 12.1 Å². The summed E-state index contributed by atoms with van der Waals surface area (Å²) < 4.78 is 46.7. The van der Waals surface area contributed by atoms with E-state index in [1.54, 1.807) is 12.2 Å². The number of anilines is 1. The largest absolute Gasteiger partial charge is 0.418 e. The zero-order valence-electron chi connectivity index (χ0n) is 21.4. The molecule has 196 valence electrons. The van der Waals surface area contributed by atoms with Crippen molar-refractivity contribution in [2.75, 3.05) is 18.5 Å². The molecule has 9 heteroatoms. The third-order valence-electron chi connectivity index (χ3n) is 6.09. The molecule has 0 radical (unpaired) electrons. The van der Waals surface area contributed by atoms with Crippen LogP contribution in [0.25, 0.3) is 5.70 Å². The van der Waals surface area contributed by atoms with Gasteiger partial charge in [0.1, 0.15) is 12.4 Å². The average Bonchev–Trinajstić information content (AvgIpc) is 2.86. The Kier molecular flexibility index (Phi) is 8.12. The molecule has 0 spiro atoms. The van der Waals surface area contributed by atoms with Crippen LogP contribution in [-0.4, -0.2) is 36.0 Å². The highest BCUT2D eigenvalue weighted by Gasteiger charge is 2.36. The summed E-state index contributed by atoms with van der Waals surface area (Å²) in [5, 5.41) is 6.48. The fraction of sp³-hybridized carbons (Fsp3) is 0.393. The Hall–Kier alpha value is -3.46. The van der Waals surface area contributed by atoms with Crippen LogP contribution in [0.3, 0.4) is 0 Å². The number of pyridine rings is 1. The van der Waals surface area contributed by atoms with Crippen LogP contribution in [0, 0.1) is 5.92 Å². The van der Waals surface area contributed by atoms with E-state index in [9.17, 15) is 13.2 Å². The number of allylic oxidation sites excluding steroid dienone is 2. The molecule has 0 bridgehead atoms. The summed E-state index contributed by atoms with van der Waals surface area (Å²) in [5.41, 5.74) is 2.05. The van der Waals surface area contributed by atoms with Crippen molar-refractivity contribution >= 4 is 23.1 Å². The number of nitrogens with one attached hydrogen (secondary N) is 2. The minimum absolute atomic E-state index is 0.170. The van der Waals surface area contributed by atoms with Crippen molar-refractivity contribution in [1.29, 1.82) is 0 Å². The number of ether oxygens (including phenoxy) is 1. The van der Waals surface area contributed by atoms with Crippen molar-refractivity contribution in [2.45, 2.75) is 52.4 Å². The van der Waals surface area contributed by atoms with Gasteiger partial charge in [0.2, 0.25) is 0 Å². The van der Waals surface area contributed by atoms with Gasteiger partial charge in [0.05, 0.1) is 17.0 Å². The van der Waals surface area contributed by atoms with Gasteiger partial charge < -0.3 is 15.4 Å². The van der Waals surface area contributed by atoms with Crippen LogP contribution in [0.5, 0.6) is 0 Å². The first-order valence-electron chi connectivity index (χ1n) is 12.4. The number of alkyl halides is 3. The first-order chi connectivity index (χ1) is 17.6. The van der Waals surface area contributed by atoms with E-state index >= 15 is 0 Å². The van der Waals surface area contributed by atoms with E-state index in [2.05, 4.69) is 65.4 Å². The number of rotatable bonds is 8. The van der Waals surface area contributed by atoms with Gasteiger partial charge in [-0.1, -0.05) is 39.8 Å². The summed E-state index contributed by atoms with van der Waals surface area (Å²) in [7, 11) is 0. The minimum Gasteiger partial charge on any atom is -0.373 e. The number of hydrogen-bond donors (Lipinski definition) is 2. The van der Waals surface area contributed by atoms with Crippen LogP contribution in [0.4, 0.5) is 18.9 Å². The fourth-order valence-electron chi connectivity index (χ4n) is 3.96. The van der Waals surface area contributed by atoms with Gasteiger partial charge in [0.15, 0.2) is 12.0 Å². The van der Waals surface area contributed by atoms with Gasteiger partial charge in [-0.25, -0.2) is 9.98 Å². The summed E-state index contributed by atoms with van der Waals surface area (Å²) in [6, 6.07) is 10.4. The summed E-state index contributed by atoms with van der Waals surface area (Å²) >= 11 is 0. The molecule has 0 saturated heterocycles. The predicted octanol–water partition coefficient (Wildman–Crippen LogP) is 6.41. The van der Waals surface area contributed by atoms with Gasteiger partial charge in [-0.2, -0.15) is 13.2 Å². The zero-order valence-corrected chi connectivity index (χ0v) is 21.4. The molecule has 2 aliphatic heterocycles. The molecular formula is C28H32F3N5O. The van der Waals surface area contributed by atoms with Crippen LogP contribution >= 0.6 is 0 Å². The number of nitrogens with zero attached hydrogens (tertiary/aromatic N) is 3. The Morgan fingerprint density at radius 2 is 1.81 bits per heavy atom. The molecule has 37 heavy (non-hydrogen) atoms. The molecule has 1 atom stereocenters. The number of dihydropyridines is 1. The Morgan fingerprint density at radius 3 is 2.49 bits per heavy atom. The standard InChI is InChI=1S/C28H32F3N5O/c1-17(2)13-15-37-16-24-35-26(33-20-9-7-19(8-10-20)18(3)4)21-11-12-23(34-27(21)36-24)25-22(28(29,30)31)6-5-14-32-25/h5-12,14,17-18,27,34H,13,15-16H2,1-4H3,(H,33,35,36). The quantitative estimate of drug-likeness (QED) is 0.402. The van der Waals surface area contributed by atoms with E-state index < -0.39 is 17.9 Å². The van der Waals surface area contributed by atoms with E-state index in [0.29, 0.717) is 35.7 Å². The molecule has 2 N–H and O–H groups in total. The first-order valence-corrected chi connectivity index (χ1v) is 12.4. The summed E-state index contributed by atoms with van der Waals surface area (Å²) in [6.07, 6.45) is 0.407. The normalized spacial score (nSPS) is 17.5. The van der Waals surface area contributed by atoms with Crippen LogP contribution in [-0.2, 0) is 10.9 Å². The van der Waals surface area contributed by atoms with Gasteiger partial charge in [0.25, 0.3) is 0 Å². The monoisotopic (exact) mass is 511 g/mol. The van der Waals surface area contributed by atoms with Crippen molar-refractivity contribution in [3.05, 3.63) is 77.1 Å². The Morgan fingerprint density at radius 1 is 1.05 bits per heavy atom. The molecule has 1 aromatic heterocycles. The lowest BCUT2D eigenvalue weighted by Gasteiger charge is -2.29. The number of halogens is 3. The summed E-state index contributed by atoms with van der Waals surface area (Å²) in [4.78, 5) is 13.4.